The Hall–Kier alpha value is -1.82. The zero-order valence-electron chi connectivity index (χ0n) is 11.5. The van der Waals surface area contributed by atoms with Crippen LogP contribution in [0.25, 0.3) is 0 Å². The number of nitrogens with zero attached hydrogens (tertiary/aromatic N) is 1. The molecule has 0 radical (unpaired) electrons. The monoisotopic (exact) mass is 337 g/mol. The molecule has 1 unspecified atom stereocenters. The number of nitrogens with one attached hydrogen (secondary N) is 2. The second-order valence-electron chi connectivity index (χ2n) is 4.54. The van der Waals surface area contributed by atoms with E-state index in [9.17, 15) is 4.79 Å². The smallest absolute Gasteiger partial charge is 0.319 e. The van der Waals surface area contributed by atoms with Gasteiger partial charge in [-0.25, -0.2) is 4.79 Å². The lowest BCUT2D eigenvalue weighted by atomic mass is 10.1. The van der Waals surface area contributed by atoms with Crippen molar-refractivity contribution in [2.24, 2.45) is 0 Å². The van der Waals surface area contributed by atoms with Crippen LogP contribution >= 0.6 is 15.9 Å². The molecular formula is C14H16BrN3O2. The summed E-state index contributed by atoms with van der Waals surface area (Å²) in [5.74, 6) is 0.589. The standard InChI is InChI=1S/C14H16BrN3O2/c1-8(11-6-4-5-7-12(11)15)16-14(19)17-13-9(2)18-20-10(13)3/h4-8H,1-3H3,(H2,16,17,19). The minimum atomic E-state index is -0.289. The van der Waals surface area contributed by atoms with Crippen molar-refractivity contribution >= 4 is 27.6 Å². The maximum atomic E-state index is 12.0. The Balaban J connectivity index is 2.04. The Kier molecular flexibility index (Phi) is 4.44. The van der Waals surface area contributed by atoms with Crippen LogP contribution in [0.4, 0.5) is 10.5 Å². The molecule has 0 aliphatic carbocycles. The Labute approximate surface area is 125 Å². The number of benzene rings is 1. The number of anilines is 1. The molecule has 0 fully saturated rings. The Morgan fingerprint density at radius 3 is 2.65 bits per heavy atom. The number of carbonyl (C=O) groups excluding carboxylic acids is 1. The lowest BCUT2D eigenvalue weighted by Crippen LogP contribution is -2.31. The lowest BCUT2D eigenvalue weighted by molar-refractivity contribution is 0.249. The van der Waals surface area contributed by atoms with Crippen LogP contribution in [-0.2, 0) is 0 Å². The number of aromatic nitrogens is 1. The highest BCUT2D eigenvalue weighted by Crippen LogP contribution is 2.23. The fourth-order valence-corrected chi connectivity index (χ4v) is 2.54. The molecule has 2 aromatic rings. The molecule has 1 aromatic heterocycles. The van der Waals surface area contributed by atoms with Crippen LogP contribution in [0, 0.1) is 13.8 Å². The molecule has 0 bridgehead atoms. The summed E-state index contributed by atoms with van der Waals surface area (Å²) < 4.78 is 5.97. The minimum Gasteiger partial charge on any atom is -0.359 e. The van der Waals surface area contributed by atoms with Gasteiger partial charge in [0.2, 0.25) is 0 Å². The third-order valence-corrected chi connectivity index (χ3v) is 3.71. The molecule has 20 heavy (non-hydrogen) atoms. The van der Waals surface area contributed by atoms with Crippen LogP contribution in [0.2, 0.25) is 0 Å². The lowest BCUT2D eigenvalue weighted by Gasteiger charge is -2.16. The van der Waals surface area contributed by atoms with E-state index in [0.29, 0.717) is 17.1 Å². The molecule has 0 aliphatic rings. The van der Waals surface area contributed by atoms with E-state index < -0.39 is 0 Å². The molecular weight excluding hydrogens is 322 g/mol. The van der Waals surface area contributed by atoms with Crippen molar-refractivity contribution in [3.8, 4) is 0 Å². The van der Waals surface area contributed by atoms with Gasteiger partial charge >= 0.3 is 6.03 Å². The van der Waals surface area contributed by atoms with E-state index in [4.69, 9.17) is 4.52 Å². The molecule has 2 N–H and O–H groups in total. The molecule has 6 heteroatoms. The minimum absolute atomic E-state index is 0.119. The quantitative estimate of drug-likeness (QED) is 0.891. The van der Waals surface area contributed by atoms with Crippen LogP contribution < -0.4 is 10.6 Å². The predicted octanol–water partition coefficient (Wildman–Crippen LogP) is 3.94. The molecule has 2 rings (SSSR count). The molecule has 2 amide bonds. The van der Waals surface area contributed by atoms with Crippen molar-refractivity contribution < 1.29 is 9.32 Å². The van der Waals surface area contributed by atoms with Crippen molar-refractivity contribution in [2.75, 3.05) is 5.32 Å². The van der Waals surface area contributed by atoms with Gasteiger partial charge in [-0.1, -0.05) is 39.3 Å². The highest BCUT2D eigenvalue weighted by Gasteiger charge is 2.15. The van der Waals surface area contributed by atoms with Gasteiger partial charge in [-0.15, -0.1) is 0 Å². The van der Waals surface area contributed by atoms with Crippen LogP contribution in [0.5, 0.6) is 0 Å². The van der Waals surface area contributed by atoms with E-state index in [-0.39, 0.29) is 12.1 Å². The van der Waals surface area contributed by atoms with Gasteiger partial charge < -0.3 is 15.2 Å². The second-order valence-corrected chi connectivity index (χ2v) is 5.40. The van der Waals surface area contributed by atoms with Gasteiger partial charge in [0.15, 0.2) is 5.76 Å². The number of hydrogen-bond acceptors (Lipinski definition) is 3. The van der Waals surface area contributed by atoms with Gasteiger partial charge in [-0.2, -0.15) is 0 Å². The number of hydrogen-bond donors (Lipinski definition) is 2. The summed E-state index contributed by atoms with van der Waals surface area (Å²) in [7, 11) is 0. The fraction of sp³-hybridized carbons (Fsp3) is 0.286. The number of aryl methyl sites for hydroxylation is 2. The Morgan fingerprint density at radius 2 is 2.05 bits per heavy atom. The summed E-state index contributed by atoms with van der Waals surface area (Å²) in [5.41, 5.74) is 2.29. The topological polar surface area (TPSA) is 67.2 Å². The molecule has 1 aromatic carbocycles. The van der Waals surface area contributed by atoms with Crippen molar-refractivity contribution in [3.63, 3.8) is 0 Å². The zero-order valence-corrected chi connectivity index (χ0v) is 13.1. The third kappa shape index (κ3) is 3.19. The summed E-state index contributed by atoms with van der Waals surface area (Å²) in [6, 6.07) is 7.37. The predicted molar refractivity (Wildman–Crippen MR) is 80.7 cm³/mol. The Bertz CT molecular complexity index is 605. The second kappa shape index (κ2) is 6.09. The number of rotatable bonds is 3. The molecule has 106 valence electrons. The van der Waals surface area contributed by atoms with Gasteiger partial charge in [0.25, 0.3) is 0 Å². The van der Waals surface area contributed by atoms with Gasteiger partial charge in [0, 0.05) is 4.47 Å². The van der Waals surface area contributed by atoms with Crippen LogP contribution in [-0.4, -0.2) is 11.2 Å². The van der Waals surface area contributed by atoms with E-state index in [0.717, 1.165) is 10.0 Å². The first-order valence-corrected chi connectivity index (χ1v) is 7.03. The van der Waals surface area contributed by atoms with E-state index >= 15 is 0 Å². The fourth-order valence-electron chi connectivity index (χ4n) is 1.91. The molecule has 5 nitrogen and oxygen atoms in total. The summed E-state index contributed by atoms with van der Waals surface area (Å²) in [6.07, 6.45) is 0. The third-order valence-electron chi connectivity index (χ3n) is 2.99. The summed E-state index contributed by atoms with van der Waals surface area (Å²) >= 11 is 3.47. The SMILES string of the molecule is Cc1noc(C)c1NC(=O)NC(C)c1ccccc1Br. The number of amides is 2. The van der Waals surface area contributed by atoms with E-state index in [1.807, 2.05) is 31.2 Å². The van der Waals surface area contributed by atoms with Crippen molar-refractivity contribution in [3.05, 3.63) is 45.8 Å². The maximum absolute atomic E-state index is 12.0. The van der Waals surface area contributed by atoms with Crippen LogP contribution in [0.15, 0.2) is 33.3 Å². The molecule has 0 saturated heterocycles. The van der Waals surface area contributed by atoms with E-state index in [2.05, 4.69) is 31.7 Å². The molecule has 1 heterocycles. The van der Waals surface area contributed by atoms with E-state index in [1.54, 1.807) is 13.8 Å². The maximum Gasteiger partial charge on any atom is 0.319 e. The average Bonchev–Trinajstić information content (AvgIpc) is 2.71. The summed E-state index contributed by atoms with van der Waals surface area (Å²) in [5, 5.41) is 9.43. The largest absolute Gasteiger partial charge is 0.359 e. The number of carbonyl (C=O) groups is 1. The van der Waals surface area contributed by atoms with Crippen LogP contribution in [0.3, 0.4) is 0 Å². The van der Waals surface area contributed by atoms with Crippen molar-refractivity contribution in [1.29, 1.82) is 0 Å². The van der Waals surface area contributed by atoms with Crippen molar-refractivity contribution in [1.82, 2.24) is 10.5 Å². The first-order valence-electron chi connectivity index (χ1n) is 6.24. The highest BCUT2D eigenvalue weighted by atomic mass is 79.9. The van der Waals surface area contributed by atoms with Gasteiger partial charge in [0.1, 0.15) is 11.4 Å². The summed E-state index contributed by atoms with van der Waals surface area (Å²) in [4.78, 5) is 12.0. The van der Waals surface area contributed by atoms with Crippen molar-refractivity contribution in [2.45, 2.75) is 26.8 Å². The van der Waals surface area contributed by atoms with Crippen LogP contribution in [0.1, 0.15) is 30.0 Å². The first-order chi connectivity index (χ1) is 9.49. The van der Waals surface area contributed by atoms with Gasteiger partial charge in [-0.05, 0) is 32.4 Å². The molecule has 0 aliphatic heterocycles. The van der Waals surface area contributed by atoms with E-state index in [1.165, 1.54) is 0 Å². The molecule has 1 atom stereocenters. The average molecular weight is 338 g/mol. The van der Waals surface area contributed by atoms with Gasteiger partial charge in [-0.3, -0.25) is 0 Å². The van der Waals surface area contributed by atoms with Gasteiger partial charge in [0.05, 0.1) is 6.04 Å². The highest BCUT2D eigenvalue weighted by molar-refractivity contribution is 9.10. The first kappa shape index (κ1) is 14.6. The summed E-state index contributed by atoms with van der Waals surface area (Å²) in [6.45, 7) is 5.46. The Morgan fingerprint density at radius 1 is 1.35 bits per heavy atom. The normalized spacial score (nSPS) is 12.0. The number of urea groups is 1. The molecule has 0 saturated carbocycles. The number of halogens is 1. The zero-order chi connectivity index (χ0) is 14.7. The molecule has 0 spiro atoms.